The molecule has 1 amide bonds. The van der Waals surface area contributed by atoms with Crippen molar-refractivity contribution in [1.82, 2.24) is 5.32 Å². The van der Waals surface area contributed by atoms with Crippen LogP contribution in [-0.4, -0.2) is 95.4 Å². The van der Waals surface area contributed by atoms with Crippen LogP contribution >= 0.6 is 0 Å². The largest absolute Gasteiger partial charge is 0.397 e. The third-order valence-corrected chi connectivity index (χ3v) is 9.78. The Kier molecular flexibility index (Phi) is 27.5. The zero-order valence-electron chi connectivity index (χ0n) is 31.0. The summed E-state index contributed by atoms with van der Waals surface area (Å²) in [6.45, 7) is 3.33. The molecule has 0 saturated carbocycles. The van der Waals surface area contributed by atoms with Crippen LogP contribution < -0.4 is 5.32 Å². The molecule has 1 saturated heterocycles. The molecule has 7 unspecified atom stereocenters. The van der Waals surface area contributed by atoms with Crippen LogP contribution in [0.25, 0.3) is 0 Å². The van der Waals surface area contributed by atoms with Gasteiger partial charge in [-0.25, -0.2) is 4.18 Å². The second kappa shape index (κ2) is 29.3. The van der Waals surface area contributed by atoms with E-state index < -0.39 is 59.9 Å². The van der Waals surface area contributed by atoms with Crippen molar-refractivity contribution in [2.45, 2.75) is 204 Å². The first-order valence-electron chi connectivity index (χ1n) is 19.6. The second-order valence-corrected chi connectivity index (χ2v) is 14.9. The first-order chi connectivity index (χ1) is 24.0. The lowest BCUT2D eigenvalue weighted by Crippen LogP contribution is -2.61. The van der Waals surface area contributed by atoms with Crippen molar-refractivity contribution >= 4 is 16.3 Å². The minimum atomic E-state index is -5.07. The average molecular weight is 738 g/mol. The summed E-state index contributed by atoms with van der Waals surface area (Å²) < 4.78 is 47.3. The van der Waals surface area contributed by atoms with Gasteiger partial charge in [0, 0.05) is 6.42 Å². The number of nitrogens with one attached hydrogen (secondary N) is 1. The van der Waals surface area contributed by atoms with Gasteiger partial charge in [0.1, 0.15) is 24.4 Å². The fraction of sp³-hybridized carbons (Fsp3) is 0.919. The van der Waals surface area contributed by atoms with E-state index in [-0.39, 0.29) is 18.9 Å². The van der Waals surface area contributed by atoms with E-state index in [1.54, 1.807) is 6.08 Å². The standard InChI is InChI=1S/C37H71NO11S/c1-3-5-7-9-11-13-15-16-17-18-20-22-24-26-31(40)30(38-33(41)27-25-23-21-19-14-12-10-8-6-4-2)29-47-37-35(43)36(49-50(44,45)46)34(42)32(28-39)48-37/h24,26,30-32,34-37,39-40,42-43H,3-23,25,27-29H2,1-2H3,(H,38,41)(H,44,45,46)/b26-24+. The number of ether oxygens (including phenoxy) is 2. The zero-order valence-corrected chi connectivity index (χ0v) is 31.8. The molecule has 1 rings (SSSR count). The van der Waals surface area contributed by atoms with Gasteiger partial charge in [0.15, 0.2) is 6.29 Å². The number of rotatable bonds is 32. The number of hydrogen-bond donors (Lipinski definition) is 6. The van der Waals surface area contributed by atoms with E-state index in [1.165, 1.54) is 96.3 Å². The minimum absolute atomic E-state index is 0.266. The van der Waals surface area contributed by atoms with Crippen LogP contribution in [0.5, 0.6) is 0 Å². The predicted octanol–water partition coefficient (Wildman–Crippen LogP) is 6.04. The Morgan fingerprint density at radius 2 is 1.26 bits per heavy atom. The molecule has 296 valence electrons. The summed E-state index contributed by atoms with van der Waals surface area (Å²) in [6.07, 6.45) is 19.8. The third-order valence-electron chi connectivity index (χ3n) is 9.32. The Balaban J connectivity index is 2.64. The summed E-state index contributed by atoms with van der Waals surface area (Å²) in [6, 6.07) is -0.935. The van der Waals surface area contributed by atoms with Gasteiger partial charge in [0.05, 0.1) is 25.4 Å². The Bertz CT molecular complexity index is 967. The molecule has 7 atom stereocenters. The van der Waals surface area contributed by atoms with Crippen LogP contribution in [0, 0.1) is 0 Å². The van der Waals surface area contributed by atoms with Crippen LogP contribution in [0.1, 0.15) is 162 Å². The highest BCUT2D eigenvalue weighted by Gasteiger charge is 2.48. The van der Waals surface area contributed by atoms with Crippen LogP contribution in [0.4, 0.5) is 0 Å². The maximum absolute atomic E-state index is 12.9. The van der Waals surface area contributed by atoms with E-state index in [0.717, 1.165) is 38.5 Å². The van der Waals surface area contributed by atoms with Crippen molar-refractivity contribution in [2.24, 2.45) is 0 Å². The lowest BCUT2D eigenvalue weighted by atomic mass is 9.99. The molecule has 13 heteroatoms. The van der Waals surface area contributed by atoms with Gasteiger partial charge in [0.25, 0.3) is 0 Å². The highest BCUT2D eigenvalue weighted by Crippen LogP contribution is 2.26. The molecule has 1 heterocycles. The van der Waals surface area contributed by atoms with Crippen molar-refractivity contribution in [3.63, 3.8) is 0 Å². The number of aliphatic hydroxyl groups is 4. The van der Waals surface area contributed by atoms with Crippen molar-refractivity contribution in [2.75, 3.05) is 13.2 Å². The summed E-state index contributed by atoms with van der Waals surface area (Å²) >= 11 is 0. The molecule has 0 aliphatic carbocycles. The Labute approximate surface area is 302 Å². The number of unbranched alkanes of at least 4 members (excludes halogenated alkanes) is 20. The molecule has 0 aromatic rings. The Morgan fingerprint density at radius 1 is 0.780 bits per heavy atom. The number of amides is 1. The van der Waals surface area contributed by atoms with Crippen LogP contribution in [0.2, 0.25) is 0 Å². The van der Waals surface area contributed by atoms with Crippen LogP contribution in [-0.2, 0) is 28.9 Å². The number of aliphatic hydroxyl groups excluding tert-OH is 4. The smallest absolute Gasteiger partial charge is 0.394 e. The number of carbonyl (C=O) groups excluding carboxylic acids is 1. The van der Waals surface area contributed by atoms with Crippen molar-refractivity contribution < 1.29 is 51.8 Å². The quantitative estimate of drug-likeness (QED) is 0.0268. The van der Waals surface area contributed by atoms with Crippen LogP contribution in [0.15, 0.2) is 12.2 Å². The molecular weight excluding hydrogens is 666 g/mol. The first kappa shape index (κ1) is 46.9. The highest BCUT2D eigenvalue weighted by molar-refractivity contribution is 7.80. The maximum atomic E-state index is 12.9. The van der Waals surface area contributed by atoms with Gasteiger partial charge in [-0.15, -0.1) is 0 Å². The molecule has 0 aromatic carbocycles. The minimum Gasteiger partial charge on any atom is -0.394 e. The molecule has 1 aliphatic rings. The fourth-order valence-corrected chi connectivity index (χ4v) is 6.73. The fourth-order valence-electron chi connectivity index (χ4n) is 6.22. The molecule has 1 aliphatic heterocycles. The van der Waals surface area contributed by atoms with E-state index >= 15 is 0 Å². The predicted molar refractivity (Wildman–Crippen MR) is 195 cm³/mol. The van der Waals surface area contributed by atoms with Crippen LogP contribution in [0.3, 0.4) is 0 Å². The Morgan fingerprint density at radius 3 is 1.74 bits per heavy atom. The average Bonchev–Trinajstić information content (AvgIpc) is 3.08. The Hall–Kier alpha value is -1.16. The highest BCUT2D eigenvalue weighted by atomic mass is 32.3. The lowest BCUT2D eigenvalue weighted by Gasteiger charge is -2.41. The van der Waals surface area contributed by atoms with E-state index in [2.05, 4.69) is 23.3 Å². The second-order valence-electron chi connectivity index (χ2n) is 13.9. The van der Waals surface area contributed by atoms with Gasteiger partial charge in [0.2, 0.25) is 5.91 Å². The molecule has 12 nitrogen and oxygen atoms in total. The molecule has 0 aromatic heterocycles. The summed E-state index contributed by atoms with van der Waals surface area (Å²) in [5, 5.41) is 44.4. The zero-order chi connectivity index (χ0) is 37.0. The SMILES string of the molecule is CCCCCCCCCCCCC/C=C/C(O)C(COC1OC(CO)C(O)C(OS(=O)(=O)O)C1O)NC(=O)CCCCCCCCCCCC. The number of hydrogen-bond acceptors (Lipinski definition) is 10. The number of allylic oxidation sites excluding steroid dienone is 1. The van der Waals surface area contributed by atoms with E-state index in [4.69, 9.17) is 14.0 Å². The first-order valence-corrected chi connectivity index (χ1v) is 20.9. The maximum Gasteiger partial charge on any atom is 0.397 e. The molecule has 0 bridgehead atoms. The van der Waals surface area contributed by atoms with E-state index in [9.17, 15) is 33.6 Å². The topological polar surface area (TPSA) is 192 Å². The van der Waals surface area contributed by atoms with Crippen molar-refractivity contribution in [1.29, 1.82) is 0 Å². The summed E-state index contributed by atoms with van der Waals surface area (Å²) in [7, 11) is -5.07. The third kappa shape index (κ3) is 22.7. The van der Waals surface area contributed by atoms with Gasteiger partial charge in [-0.05, 0) is 19.3 Å². The number of carbonyl (C=O) groups is 1. The van der Waals surface area contributed by atoms with Gasteiger partial charge in [-0.1, -0.05) is 148 Å². The summed E-state index contributed by atoms with van der Waals surface area (Å²) in [5.41, 5.74) is 0. The molecule has 6 N–H and O–H groups in total. The summed E-state index contributed by atoms with van der Waals surface area (Å²) in [4.78, 5) is 12.9. The van der Waals surface area contributed by atoms with Crippen molar-refractivity contribution in [3.8, 4) is 0 Å². The molecule has 0 spiro atoms. The molecule has 0 radical (unpaired) electrons. The van der Waals surface area contributed by atoms with Gasteiger partial charge < -0.3 is 35.2 Å². The monoisotopic (exact) mass is 737 g/mol. The summed E-state index contributed by atoms with van der Waals surface area (Å²) in [5.74, 6) is -0.266. The lowest BCUT2D eigenvalue weighted by molar-refractivity contribution is -0.298. The normalized spacial score (nSPS) is 22.6. The van der Waals surface area contributed by atoms with Crippen molar-refractivity contribution in [3.05, 3.63) is 12.2 Å². The van der Waals surface area contributed by atoms with Gasteiger partial charge in [-0.3, -0.25) is 9.35 Å². The van der Waals surface area contributed by atoms with E-state index in [0.29, 0.717) is 6.42 Å². The molecule has 50 heavy (non-hydrogen) atoms. The molecule has 1 fully saturated rings. The van der Waals surface area contributed by atoms with E-state index in [1.807, 2.05) is 6.08 Å². The molecular formula is C37H71NO11S. The van der Waals surface area contributed by atoms with Gasteiger partial charge in [-0.2, -0.15) is 8.42 Å². The van der Waals surface area contributed by atoms with Gasteiger partial charge >= 0.3 is 10.4 Å².